The van der Waals surface area contributed by atoms with Gasteiger partial charge in [-0.05, 0) is 43.0 Å². The van der Waals surface area contributed by atoms with Crippen molar-refractivity contribution in [2.45, 2.75) is 52.5 Å². The predicted molar refractivity (Wildman–Crippen MR) is 76.2 cm³/mol. The molecule has 3 heteroatoms. The number of likely N-dealkylation sites (N-methyl/N-ethyl adjacent to an activating group) is 1. The van der Waals surface area contributed by atoms with E-state index in [0.29, 0.717) is 12.0 Å². The standard InChI is InChI=1S/C16H25F2N/c1-4-6-12(3)9-14(19-5-2)10-13-7-8-15(17)16(18)11-13/h7-8,11-12,14,19H,4-6,9-10H2,1-3H3. The maximum atomic E-state index is 13.2. The minimum atomic E-state index is -0.775. The second kappa shape index (κ2) is 8.26. The zero-order chi connectivity index (χ0) is 14.3. The van der Waals surface area contributed by atoms with Crippen LogP contribution in [0, 0.1) is 17.6 Å². The molecule has 0 aliphatic carbocycles. The van der Waals surface area contributed by atoms with Gasteiger partial charge in [-0.2, -0.15) is 0 Å². The summed E-state index contributed by atoms with van der Waals surface area (Å²) in [5, 5.41) is 3.44. The van der Waals surface area contributed by atoms with Gasteiger partial charge in [0.15, 0.2) is 11.6 Å². The van der Waals surface area contributed by atoms with Crippen LogP contribution in [-0.2, 0) is 6.42 Å². The molecule has 0 saturated carbocycles. The van der Waals surface area contributed by atoms with Crippen molar-refractivity contribution in [3.05, 3.63) is 35.4 Å². The van der Waals surface area contributed by atoms with Gasteiger partial charge in [-0.25, -0.2) is 8.78 Å². The Kier molecular flexibility index (Phi) is 7.00. The second-order valence-corrected chi connectivity index (χ2v) is 5.34. The van der Waals surface area contributed by atoms with Gasteiger partial charge in [0, 0.05) is 6.04 Å². The number of hydrogen-bond acceptors (Lipinski definition) is 1. The summed E-state index contributed by atoms with van der Waals surface area (Å²) in [4.78, 5) is 0. The summed E-state index contributed by atoms with van der Waals surface area (Å²) in [5.41, 5.74) is 0.855. The van der Waals surface area contributed by atoms with Crippen molar-refractivity contribution in [3.8, 4) is 0 Å². The first-order valence-corrected chi connectivity index (χ1v) is 7.24. The van der Waals surface area contributed by atoms with E-state index in [9.17, 15) is 8.78 Å². The quantitative estimate of drug-likeness (QED) is 0.741. The van der Waals surface area contributed by atoms with Crippen LogP contribution in [0.4, 0.5) is 8.78 Å². The lowest BCUT2D eigenvalue weighted by molar-refractivity contribution is 0.385. The molecule has 0 aromatic heterocycles. The Labute approximate surface area is 115 Å². The van der Waals surface area contributed by atoms with E-state index in [2.05, 4.69) is 26.1 Å². The maximum Gasteiger partial charge on any atom is 0.159 e. The van der Waals surface area contributed by atoms with Gasteiger partial charge in [-0.3, -0.25) is 0 Å². The summed E-state index contributed by atoms with van der Waals surface area (Å²) < 4.78 is 26.1. The SMILES string of the molecule is CCCC(C)CC(Cc1ccc(F)c(F)c1)NCC. The van der Waals surface area contributed by atoms with Crippen LogP contribution in [0.25, 0.3) is 0 Å². The van der Waals surface area contributed by atoms with Gasteiger partial charge in [0.05, 0.1) is 0 Å². The van der Waals surface area contributed by atoms with Crippen molar-refractivity contribution >= 4 is 0 Å². The fourth-order valence-electron chi connectivity index (χ4n) is 2.57. The zero-order valence-corrected chi connectivity index (χ0v) is 12.2. The number of benzene rings is 1. The Bertz CT molecular complexity index is 379. The molecule has 0 spiro atoms. The van der Waals surface area contributed by atoms with Gasteiger partial charge < -0.3 is 5.32 Å². The fraction of sp³-hybridized carbons (Fsp3) is 0.625. The lowest BCUT2D eigenvalue weighted by Crippen LogP contribution is -2.32. The predicted octanol–water partition coefficient (Wildman–Crippen LogP) is 4.31. The monoisotopic (exact) mass is 269 g/mol. The van der Waals surface area contributed by atoms with E-state index in [-0.39, 0.29) is 0 Å². The van der Waals surface area contributed by atoms with Gasteiger partial charge in [-0.15, -0.1) is 0 Å². The van der Waals surface area contributed by atoms with Crippen molar-refractivity contribution in [2.75, 3.05) is 6.54 Å². The second-order valence-electron chi connectivity index (χ2n) is 5.34. The molecule has 0 radical (unpaired) electrons. The van der Waals surface area contributed by atoms with Gasteiger partial charge in [-0.1, -0.05) is 39.7 Å². The summed E-state index contributed by atoms with van der Waals surface area (Å²) >= 11 is 0. The van der Waals surface area contributed by atoms with Gasteiger partial charge in [0.25, 0.3) is 0 Å². The Balaban J connectivity index is 2.63. The van der Waals surface area contributed by atoms with Crippen molar-refractivity contribution in [2.24, 2.45) is 5.92 Å². The van der Waals surface area contributed by atoms with Gasteiger partial charge in [0.1, 0.15) is 0 Å². The van der Waals surface area contributed by atoms with E-state index in [1.165, 1.54) is 25.0 Å². The average Bonchev–Trinajstić information content (AvgIpc) is 2.34. The number of rotatable bonds is 8. The number of halogens is 2. The van der Waals surface area contributed by atoms with E-state index in [1.54, 1.807) is 6.07 Å². The molecule has 1 N–H and O–H groups in total. The summed E-state index contributed by atoms with van der Waals surface area (Å²) in [6.07, 6.45) is 4.21. The third kappa shape index (κ3) is 5.68. The largest absolute Gasteiger partial charge is 0.314 e. The molecule has 0 saturated heterocycles. The van der Waals surface area contributed by atoms with Crippen LogP contribution in [0.1, 0.15) is 45.6 Å². The summed E-state index contributed by atoms with van der Waals surface area (Å²) in [7, 11) is 0. The van der Waals surface area contributed by atoms with Crippen LogP contribution in [0.5, 0.6) is 0 Å². The lowest BCUT2D eigenvalue weighted by atomic mass is 9.93. The number of hydrogen-bond donors (Lipinski definition) is 1. The van der Waals surface area contributed by atoms with Crippen LogP contribution in [0.3, 0.4) is 0 Å². The van der Waals surface area contributed by atoms with Crippen molar-refractivity contribution < 1.29 is 8.78 Å². The minimum absolute atomic E-state index is 0.330. The molecule has 2 unspecified atom stereocenters. The molecule has 1 nitrogen and oxygen atoms in total. The molecule has 0 heterocycles. The van der Waals surface area contributed by atoms with E-state index in [1.807, 2.05) is 0 Å². The topological polar surface area (TPSA) is 12.0 Å². The van der Waals surface area contributed by atoms with Crippen molar-refractivity contribution in [1.82, 2.24) is 5.32 Å². The lowest BCUT2D eigenvalue weighted by Gasteiger charge is -2.22. The zero-order valence-electron chi connectivity index (χ0n) is 12.2. The third-order valence-corrected chi connectivity index (χ3v) is 3.43. The van der Waals surface area contributed by atoms with Gasteiger partial charge in [0.2, 0.25) is 0 Å². The van der Waals surface area contributed by atoms with E-state index in [0.717, 1.165) is 24.9 Å². The molecule has 108 valence electrons. The van der Waals surface area contributed by atoms with Gasteiger partial charge >= 0.3 is 0 Å². The first kappa shape index (κ1) is 16.1. The molecule has 1 rings (SSSR count). The van der Waals surface area contributed by atoms with Crippen LogP contribution in [0.2, 0.25) is 0 Å². The molecule has 2 atom stereocenters. The van der Waals surface area contributed by atoms with Crippen molar-refractivity contribution in [3.63, 3.8) is 0 Å². The van der Waals surface area contributed by atoms with E-state index < -0.39 is 11.6 Å². The Morgan fingerprint density at radius 2 is 1.89 bits per heavy atom. The normalized spacial score (nSPS) is 14.4. The third-order valence-electron chi connectivity index (χ3n) is 3.43. The fourth-order valence-corrected chi connectivity index (χ4v) is 2.57. The Hall–Kier alpha value is -0.960. The van der Waals surface area contributed by atoms with Crippen LogP contribution in [0.15, 0.2) is 18.2 Å². The Morgan fingerprint density at radius 3 is 2.47 bits per heavy atom. The van der Waals surface area contributed by atoms with E-state index in [4.69, 9.17) is 0 Å². The first-order valence-electron chi connectivity index (χ1n) is 7.24. The molecule has 19 heavy (non-hydrogen) atoms. The van der Waals surface area contributed by atoms with Crippen molar-refractivity contribution in [1.29, 1.82) is 0 Å². The Morgan fingerprint density at radius 1 is 1.16 bits per heavy atom. The molecular weight excluding hydrogens is 244 g/mol. The molecule has 1 aromatic rings. The molecule has 0 fully saturated rings. The molecule has 0 bridgehead atoms. The number of nitrogens with one attached hydrogen (secondary N) is 1. The average molecular weight is 269 g/mol. The summed E-state index contributed by atoms with van der Waals surface area (Å²) in [6, 6.07) is 4.52. The highest BCUT2D eigenvalue weighted by molar-refractivity contribution is 5.18. The van der Waals surface area contributed by atoms with Crippen LogP contribution >= 0.6 is 0 Å². The highest BCUT2D eigenvalue weighted by atomic mass is 19.2. The van der Waals surface area contributed by atoms with Crippen LogP contribution in [-0.4, -0.2) is 12.6 Å². The smallest absolute Gasteiger partial charge is 0.159 e. The highest BCUT2D eigenvalue weighted by Gasteiger charge is 2.13. The maximum absolute atomic E-state index is 13.2. The summed E-state index contributed by atoms with van der Waals surface area (Å²) in [6.45, 7) is 7.41. The van der Waals surface area contributed by atoms with E-state index >= 15 is 0 Å². The highest BCUT2D eigenvalue weighted by Crippen LogP contribution is 2.17. The minimum Gasteiger partial charge on any atom is -0.314 e. The first-order chi connectivity index (χ1) is 9.06. The van der Waals surface area contributed by atoms with Crippen LogP contribution < -0.4 is 5.32 Å². The molecule has 0 aliphatic rings. The molecular formula is C16H25F2N. The molecule has 0 amide bonds. The summed E-state index contributed by atoms with van der Waals surface area (Å²) in [5.74, 6) is -0.878. The molecule has 0 aliphatic heterocycles. The molecule has 1 aromatic carbocycles.